The minimum absolute atomic E-state index is 0. The van der Waals surface area contributed by atoms with Gasteiger partial charge >= 0.3 is 0 Å². The summed E-state index contributed by atoms with van der Waals surface area (Å²) in [6.07, 6.45) is 2.91. The van der Waals surface area contributed by atoms with Crippen molar-refractivity contribution in [2.75, 3.05) is 13.1 Å². The van der Waals surface area contributed by atoms with Crippen LogP contribution in [-0.2, 0) is 18.5 Å². The van der Waals surface area contributed by atoms with E-state index in [-0.39, 0.29) is 29.4 Å². The Kier molecular flexibility index (Phi) is 9.15. The summed E-state index contributed by atoms with van der Waals surface area (Å²) in [4.78, 5) is 11.6. The number of nitrogens with zero attached hydrogens (tertiary/aromatic N) is 3. The smallest absolute Gasteiger partial charge is 0.216 e. The zero-order valence-electron chi connectivity index (χ0n) is 18.8. The standard InChI is InChI=1S/C23H35N5O.HI/c1-6-24-22(26-14-21-25-13-20(29-21)23(3,4)5)27-19-12-17(2)28(16-19)15-18-10-8-7-9-11-18;/h7-11,13,17,19H,6,12,14-16H2,1-5H3,(H2,24,26,27);1H. The molecule has 7 heteroatoms. The van der Waals surface area contributed by atoms with Gasteiger partial charge in [0.1, 0.15) is 12.3 Å². The molecule has 3 rings (SSSR count). The number of likely N-dealkylation sites (tertiary alicyclic amines) is 1. The van der Waals surface area contributed by atoms with Gasteiger partial charge in [-0.05, 0) is 25.8 Å². The van der Waals surface area contributed by atoms with E-state index < -0.39 is 0 Å². The molecule has 0 radical (unpaired) electrons. The molecule has 2 heterocycles. The molecule has 1 aromatic carbocycles. The summed E-state index contributed by atoms with van der Waals surface area (Å²) < 4.78 is 5.87. The number of aromatic nitrogens is 1. The van der Waals surface area contributed by atoms with E-state index in [9.17, 15) is 0 Å². The summed E-state index contributed by atoms with van der Waals surface area (Å²) in [5, 5.41) is 6.95. The molecule has 1 aliphatic rings. The van der Waals surface area contributed by atoms with E-state index in [2.05, 4.69) is 85.5 Å². The molecular weight excluding hydrogens is 489 g/mol. The highest BCUT2D eigenvalue weighted by molar-refractivity contribution is 14.0. The summed E-state index contributed by atoms with van der Waals surface area (Å²) in [6, 6.07) is 11.6. The number of oxazole rings is 1. The molecule has 0 amide bonds. The summed E-state index contributed by atoms with van der Waals surface area (Å²) in [6.45, 7) is 14.0. The van der Waals surface area contributed by atoms with Gasteiger partial charge in [0.2, 0.25) is 5.89 Å². The molecule has 2 N–H and O–H groups in total. The van der Waals surface area contributed by atoms with Gasteiger partial charge in [0.25, 0.3) is 0 Å². The number of benzene rings is 1. The lowest BCUT2D eigenvalue weighted by Gasteiger charge is -2.21. The molecule has 0 saturated carbocycles. The average Bonchev–Trinajstić information content (AvgIpc) is 3.28. The molecule has 166 valence electrons. The second-order valence-corrected chi connectivity index (χ2v) is 8.90. The van der Waals surface area contributed by atoms with Gasteiger partial charge in [0, 0.05) is 37.1 Å². The lowest BCUT2D eigenvalue weighted by Crippen LogP contribution is -2.44. The fourth-order valence-electron chi connectivity index (χ4n) is 3.63. The van der Waals surface area contributed by atoms with E-state index >= 15 is 0 Å². The van der Waals surface area contributed by atoms with Crippen LogP contribution in [-0.4, -0.2) is 41.0 Å². The highest BCUT2D eigenvalue weighted by Gasteiger charge is 2.29. The topological polar surface area (TPSA) is 65.7 Å². The fourth-order valence-corrected chi connectivity index (χ4v) is 3.63. The van der Waals surface area contributed by atoms with Crippen molar-refractivity contribution in [1.29, 1.82) is 0 Å². The molecular formula is C23H36IN5O. The molecule has 6 nitrogen and oxygen atoms in total. The number of rotatable bonds is 6. The highest BCUT2D eigenvalue weighted by Crippen LogP contribution is 2.23. The molecule has 1 aliphatic heterocycles. The number of nitrogens with one attached hydrogen (secondary N) is 2. The number of halogens is 1. The first kappa shape index (κ1) is 24.7. The monoisotopic (exact) mass is 525 g/mol. The minimum Gasteiger partial charge on any atom is -0.443 e. The molecule has 2 aromatic rings. The fraction of sp³-hybridized carbons (Fsp3) is 0.565. The van der Waals surface area contributed by atoms with Gasteiger partial charge in [0.05, 0.1) is 6.20 Å². The van der Waals surface area contributed by atoms with Gasteiger partial charge < -0.3 is 15.1 Å². The van der Waals surface area contributed by atoms with Crippen molar-refractivity contribution in [2.45, 2.75) is 71.6 Å². The molecule has 30 heavy (non-hydrogen) atoms. The van der Waals surface area contributed by atoms with Crippen LogP contribution in [0.4, 0.5) is 0 Å². The normalized spacial score (nSPS) is 20.1. The number of hydrogen-bond donors (Lipinski definition) is 2. The maximum absolute atomic E-state index is 5.87. The van der Waals surface area contributed by atoms with Crippen LogP contribution in [0.15, 0.2) is 45.9 Å². The van der Waals surface area contributed by atoms with E-state index in [0.717, 1.165) is 37.8 Å². The van der Waals surface area contributed by atoms with Crippen molar-refractivity contribution in [3.05, 3.63) is 53.7 Å². The van der Waals surface area contributed by atoms with E-state index in [1.165, 1.54) is 5.56 Å². The van der Waals surface area contributed by atoms with E-state index in [1.54, 1.807) is 0 Å². The number of guanidine groups is 1. The van der Waals surface area contributed by atoms with Crippen LogP contribution in [0.1, 0.15) is 58.3 Å². The molecule has 1 fully saturated rings. The lowest BCUT2D eigenvalue weighted by atomic mass is 9.94. The van der Waals surface area contributed by atoms with Gasteiger partial charge in [-0.15, -0.1) is 24.0 Å². The predicted octanol–water partition coefficient (Wildman–Crippen LogP) is 4.31. The van der Waals surface area contributed by atoms with Gasteiger partial charge in [-0.25, -0.2) is 9.98 Å². The van der Waals surface area contributed by atoms with Crippen molar-refractivity contribution in [3.63, 3.8) is 0 Å². The van der Waals surface area contributed by atoms with E-state index in [1.807, 2.05) is 6.20 Å². The van der Waals surface area contributed by atoms with Crippen LogP contribution in [0, 0.1) is 0 Å². The third kappa shape index (κ3) is 6.97. The quantitative estimate of drug-likeness (QED) is 0.335. The largest absolute Gasteiger partial charge is 0.443 e. The highest BCUT2D eigenvalue weighted by atomic mass is 127. The van der Waals surface area contributed by atoms with Crippen LogP contribution in [0.5, 0.6) is 0 Å². The average molecular weight is 525 g/mol. The van der Waals surface area contributed by atoms with Crippen molar-refractivity contribution < 1.29 is 4.42 Å². The molecule has 2 unspecified atom stereocenters. The molecule has 0 aliphatic carbocycles. The third-order valence-electron chi connectivity index (χ3n) is 5.28. The Bertz CT molecular complexity index is 799. The number of hydrogen-bond acceptors (Lipinski definition) is 4. The maximum atomic E-state index is 5.87. The molecule has 0 spiro atoms. The van der Waals surface area contributed by atoms with Crippen LogP contribution < -0.4 is 10.6 Å². The summed E-state index contributed by atoms with van der Waals surface area (Å²) in [5.74, 6) is 2.36. The summed E-state index contributed by atoms with van der Waals surface area (Å²) in [7, 11) is 0. The Labute approximate surface area is 198 Å². The lowest BCUT2D eigenvalue weighted by molar-refractivity contribution is 0.258. The van der Waals surface area contributed by atoms with Crippen molar-refractivity contribution in [2.24, 2.45) is 4.99 Å². The first-order chi connectivity index (χ1) is 13.8. The Morgan fingerprint density at radius 3 is 2.63 bits per heavy atom. The van der Waals surface area contributed by atoms with Crippen molar-refractivity contribution >= 4 is 29.9 Å². The SMILES string of the molecule is CCNC(=NCc1ncc(C(C)(C)C)o1)NC1CC(C)N(Cc2ccccc2)C1.I. The molecule has 0 bridgehead atoms. The van der Waals surface area contributed by atoms with E-state index in [0.29, 0.717) is 24.5 Å². The molecule has 1 saturated heterocycles. The first-order valence-corrected chi connectivity index (χ1v) is 10.6. The van der Waals surface area contributed by atoms with Crippen molar-refractivity contribution in [3.8, 4) is 0 Å². The van der Waals surface area contributed by atoms with Gasteiger partial charge in [0.15, 0.2) is 5.96 Å². The third-order valence-corrected chi connectivity index (χ3v) is 5.28. The van der Waals surface area contributed by atoms with Crippen LogP contribution in [0.25, 0.3) is 0 Å². The molecule has 2 atom stereocenters. The summed E-state index contributed by atoms with van der Waals surface area (Å²) in [5.41, 5.74) is 1.32. The van der Waals surface area contributed by atoms with Crippen LogP contribution in [0.3, 0.4) is 0 Å². The Morgan fingerprint density at radius 1 is 1.27 bits per heavy atom. The molecule has 1 aromatic heterocycles. The van der Waals surface area contributed by atoms with Gasteiger partial charge in [-0.2, -0.15) is 0 Å². The number of aliphatic imine (C=N–C) groups is 1. The summed E-state index contributed by atoms with van der Waals surface area (Å²) >= 11 is 0. The van der Waals surface area contributed by atoms with Crippen molar-refractivity contribution in [1.82, 2.24) is 20.5 Å². The Balaban J connectivity index is 0.00000320. The van der Waals surface area contributed by atoms with E-state index in [4.69, 9.17) is 9.41 Å². The predicted molar refractivity (Wildman–Crippen MR) is 133 cm³/mol. The zero-order valence-corrected chi connectivity index (χ0v) is 21.1. The second kappa shape index (κ2) is 11.1. The Hall–Kier alpha value is -1.61. The Morgan fingerprint density at radius 2 is 2.00 bits per heavy atom. The maximum Gasteiger partial charge on any atom is 0.216 e. The second-order valence-electron chi connectivity index (χ2n) is 8.90. The van der Waals surface area contributed by atoms with Crippen LogP contribution >= 0.6 is 24.0 Å². The zero-order chi connectivity index (χ0) is 20.9. The minimum atomic E-state index is -0.0418. The van der Waals surface area contributed by atoms with Crippen LogP contribution in [0.2, 0.25) is 0 Å². The van der Waals surface area contributed by atoms with Gasteiger partial charge in [-0.3, -0.25) is 4.90 Å². The first-order valence-electron chi connectivity index (χ1n) is 10.6. The van der Waals surface area contributed by atoms with Gasteiger partial charge in [-0.1, -0.05) is 51.1 Å².